The number of ketones is 1. The number of hydrogen-bond donors (Lipinski definition) is 0. The van der Waals surface area contributed by atoms with Crippen molar-refractivity contribution in [3.05, 3.63) is 47.1 Å². The lowest BCUT2D eigenvalue weighted by atomic mass is 9.72. The van der Waals surface area contributed by atoms with Crippen LogP contribution in [0.5, 0.6) is 11.5 Å². The molecule has 0 fully saturated rings. The minimum absolute atomic E-state index is 0.0427. The maximum absolute atomic E-state index is 12.3. The number of allylic oxidation sites excluding steroid dienone is 2. The third-order valence-electron chi connectivity index (χ3n) is 9.05. The molecule has 7 nitrogen and oxygen atoms in total. The number of rotatable bonds is 19. The van der Waals surface area contributed by atoms with Gasteiger partial charge in [-0.25, -0.2) is 0 Å². The summed E-state index contributed by atoms with van der Waals surface area (Å²) >= 11 is 0. The van der Waals surface area contributed by atoms with Crippen molar-refractivity contribution in [2.45, 2.75) is 128 Å². The minimum Gasteiger partial charge on any atom is -0.493 e. The fourth-order valence-corrected chi connectivity index (χ4v) is 6.88. The lowest BCUT2D eigenvalue weighted by Crippen LogP contribution is -2.44. The number of esters is 1. The Morgan fingerprint density at radius 3 is 2.60 bits per heavy atom. The van der Waals surface area contributed by atoms with Gasteiger partial charge in [0.2, 0.25) is 0 Å². The highest BCUT2D eigenvalue weighted by atomic mass is 16.7. The van der Waals surface area contributed by atoms with Gasteiger partial charge in [-0.1, -0.05) is 69.7 Å². The van der Waals surface area contributed by atoms with Crippen LogP contribution in [0, 0.1) is 0 Å². The Hall–Kier alpha value is -2.64. The molecule has 238 valence electrons. The Morgan fingerprint density at radius 2 is 1.79 bits per heavy atom. The molecule has 0 unspecified atom stereocenters. The molecule has 0 N–H and O–H groups in total. The molecule has 7 heteroatoms. The van der Waals surface area contributed by atoms with Gasteiger partial charge in [-0.05, 0) is 56.9 Å². The Labute approximate surface area is 259 Å². The van der Waals surface area contributed by atoms with E-state index in [1.165, 1.54) is 29.5 Å². The first-order chi connectivity index (χ1) is 20.8. The van der Waals surface area contributed by atoms with Crippen LogP contribution in [0.3, 0.4) is 0 Å². The van der Waals surface area contributed by atoms with Gasteiger partial charge in [-0.3, -0.25) is 14.5 Å². The van der Waals surface area contributed by atoms with E-state index in [1.807, 2.05) is 12.1 Å². The zero-order valence-electron chi connectivity index (χ0n) is 27.0. The third-order valence-corrected chi connectivity index (χ3v) is 9.05. The van der Waals surface area contributed by atoms with Gasteiger partial charge in [0.05, 0.1) is 19.1 Å². The van der Waals surface area contributed by atoms with Crippen molar-refractivity contribution in [2.24, 2.45) is 0 Å². The average molecular weight is 596 g/mol. The number of Topliss-reactive ketones (excluding diaryl/α,β-unsaturated/α-hetero) is 1. The molecule has 0 spiro atoms. The molecule has 1 aromatic rings. The second-order valence-electron chi connectivity index (χ2n) is 12.8. The maximum atomic E-state index is 12.3. The summed E-state index contributed by atoms with van der Waals surface area (Å²) in [5.41, 5.74) is 3.40. The van der Waals surface area contributed by atoms with Gasteiger partial charge >= 0.3 is 5.97 Å². The number of unbranched alkanes of at least 4 members (excludes halogenated alkanes) is 8. The predicted octanol–water partition coefficient (Wildman–Crippen LogP) is 7.81. The van der Waals surface area contributed by atoms with Crippen LogP contribution in [0.1, 0.15) is 121 Å². The Morgan fingerprint density at radius 1 is 1.02 bits per heavy atom. The lowest BCUT2D eigenvalue weighted by Gasteiger charge is -2.39. The molecule has 2 heterocycles. The van der Waals surface area contributed by atoms with Gasteiger partial charge < -0.3 is 18.9 Å². The second-order valence-corrected chi connectivity index (χ2v) is 12.8. The van der Waals surface area contributed by atoms with Crippen molar-refractivity contribution in [2.75, 3.05) is 27.5 Å². The first kappa shape index (κ1) is 33.3. The average Bonchev–Trinajstić information content (AvgIpc) is 3.21. The van der Waals surface area contributed by atoms with Crippen LogP contribution in [0.25, 0.3) is 0 Å². The predicted molar refractivity (Wildman–Crippen MR) is 169 cm³/mol. The van der Waals surface area contributed by atoms with Crippen LogP contribution in [0.2, 0.25) is 0 Å². The van der Waals surface area contributed by atoms with Crippen LogP contribution >= 0.6 is 0 Å². The fraction of sp³-hybridized carbons (Fsp3) is 0.667. The number of hydrogen-bond acceptors (Lipinski definition) is 7. The van der Waals surface area contributed by atoms with Gasteiger partial charge in [0.25, 0.3) is 0 Å². The second kappa shape index (κ2) is 16.4. The van der Waals surface area contributed by atoms with Gasteiger partial charge in [0.15, 0.2) is 18.3 Å². The van der Waals surface area contributed by atoms with E-state index in [1.54, 1.807) is 7.11 Å². The summed E-state index contributed by atoms with van der Waals surface area (Å²) in [6, 6.07) is 4.17. The monoisotopic (exact) mass is 595 g/mol. The summed E-state index contributed by atoms with van der Waals surface area (Å²) in [6.07, 6.45) is 19.4. The molecule has 3 atom stereocenters. The molecule has 3 aliphatic rings. The summed E-state index contributed by atoms with van der Waals surface area (Å²) in [7, 11) is 3.83. The molecule has 1 aromatic carbocycles. The molecule has 0 saturated heterocycles. The summed E-state index contributed by atoms with van der Waals surface area (Å²) in [5.74, 6) is 1.96. The number of benzene rings is 1. The Bertz CT molecular complexity index is 1140. The minimum atomic E-state index is -0.434. The number of likely N-dealkylation sites (N-methyl/N-ethyl adjacent to an activating group) is 1. The SMILES string of the molecule is CCCCCCC(=O)C/C=C\CCCCCCCC(=O)OCO[C@H]1C=C2CN(C)Cc3ccc(OC)c4c3[C@@H]2[C@](C)(C1)O4. The highest BCUT2D eigenvalue weighted by Crippen LogP contribution is 2.58. The van der Waals surface area contributed by atoms with Crippen LogP contribution in [-0.2, 0) is 25.6 Å². The van der Waals surface area contributed by atoms with Gasteiger partial charge in [-0.2, -0.15) is 0 Å². The van der Waals surface area contributed by atoms with E-state index in [4.69, 9.17) is 18.9 Å². The van der Waals surface area contributed by atoms with E-state index >= 15 is 0 Å². The fourth-order valence-electron chi connectivity index (χ4n) is 6.88. The molecule has 0 amide bonds. The smallest absolute Gasteiger partial charge is 0.307 e. The lowest BCUT2D eigenvalue weighted by molar-refractivity contribution is -0.161. The van der Waals surface area contributed by atoms with Gasteiger partial charge in [0.1, 0.15) is 11.4 Å². The molecule has 0 aromatic heterocycles. The normalized spacial score (nSPS) is 22.6. The number of carbonyl (C=O) groups excluding carboxylic acids is 2. The molecule has 0 bridgehead atoms. The first-order valence-electron chi connectivity index (χ1n) is 16.6. The largest absolute Gasteiger partial charge is 0.493 e. The van der Waals surface area contributed by atoms with Crippen molar-refractivity contribution in [1.29, 1.82) is 0 Å². The van der Waals surface area contributed by atoms with Crippen LogP contribution in [0.4, 0.5) is 0 Å². The quantitative estimate of drug-likeness (QED) is 0.0699. The van der Waals surface area contributed by atoms with E-state index in [0.29, 0.717) is 25.0 Å². The summed E-state index contributed by atoms with van der Waals surface area (Å²) < 4.78 is 23.8. The molecule has 1 aliphatic carbocycles. The number of carbonyl (C=O) groups is 2. The van der Waals surface area contributed by atoms with E-state index in [9.17, 15) is 9.59 Å². The molecular weight excluding hydrogens is 542 g/mol. The first-order valence-corrected chi connectivity index (χ1v) is 16.6. The molecule has 2 aliphatic heterocycles. The van der Waals surface area contributed by atoms with Crippen molar-refractivity contribution < 1.29 is 28.5 Å². The maximum Gasteiger partial charge on any atom is 0.307 e. The van der Waals surface area contributed by atoms with Crippen molar-refractivity contribution in [3.8, 4) is 11.5 Å². The topological polar surface area (TPSA) is 74.3 Å². The summed E-state index contributed by atoms with van der Waals surface area (Å²) in [4.78, 5) is 26.5. The van der Waals surface area contributed by atoms with Crippen LogP contribution in [-0.4, -0.2) is 55.9 Å². The zero-order valence-corrected chi connectivity index (χ0v) is 27.0. The number of methoxy groups -OCH3 is 1. The van der Waals surface area contributed by atoms with Gasteiger partial charge in [-0.15, -0.1) is 0 Å². The van der Waals surface area contributed by atoms with Gasteiger partial charge in [0, 0.05) is 44.3 Å². The Balaban J connectivity index is 1.10. The highest BCUT2D eigenvalue weighted by Gasteiger charge is 2.53. The summed E-state index contributed by atoms with van der Waals surface area (Å²) in [5, 5.41) is 0. The van der Waals surface area contributed by atoms with E-state index in [2.05, 4.69) is 44.0 Å². The highest BCUT2D eigenvalue weighted by molar-refractivity contribution is 5.79. The standard InChI is InChI=1S/C36H53NO6/c1-5-6-7-14-17-29(38)18-15-12-10-8-9-11-13-16-19-32(39)42-26-41-30-22-28-25-37(3)24-27-20-21-31(40-4)35-33(27)34(28)36(2,23-30)43-35/h12,15,20-22,30,34H,5-11,13-14,16-19,23-26H2,1-4H3/b15-12-/t30-,34+,36-/m0/s1. The number of nitrogens with zero attached hydrogens (tertiary/aromatic N) is 1. The van der Waals surface area contributed by atoms with Crippen LogP contribution < -0.4 is 9.47 Å². The molecule has 0 radical (unpaired) electrons. The van der Waals surface area contributed by atoms with E-state index in [0.717, 1.165) is 82.4 Å². The third kappa shape index (κ3) is 9.18. The summed E-state index contributed by atoms with van der Waals surface area (Å²) in [6.45, 7) is 6.01. The molecule has 4 rings (SSSR count). The van der Waals surface area contributed by atoms with E-state index < -0.39 is 5.60 Å². The van der Waals surface area contributed by atoms with Crippen LogP contribution in [0.15, 0.2) is 35.9 Å². The molecular formula is C36H53NO6. The Kier molecular flexibility index (Phi) is 12.7. The zero-order chi connectivity index (χ0) is 30.7. The number of ether oxygens (including phenoxy) is 4. The van der Waals surface area contributed by atoms with E-state index in [-0.39, 0.29) is 24.8 Å². The molecule has 43 heavy (non-hydrogen) atoms. The van der Waals surface area contributed by atoms with Crippen molar-refractivity contribution in [1.82, 2.24) is 4.90 Å². The van der Waals surface area contributed by atoms with Crippen molar-refractivity contribution >= 4 is 11.8 Å². The van der Waals surface area contributed by atoms with Crippen molar-refractivity contribution in [3.63, 3.8) is 0 Å². The molecule has 0 saturated carbocycles.